The van der Waals surface area contributed by atoms with Gasteiger partial charge in [-0.1, -0.05) is 34.1 Å². The minimum atomic E-state index is -0.364. The molecule has 72 valence electrons. The summed E-state index contributed by atoms with van der Waals surface area (Å²) in [5, 5.41) is 7.13. The van der Waals surface area contributed by atoms with Crippen molar-refractivity contribution in [2.24, 2.45) is 10.2 Å². The molecule has 0 saturated carbocycles. The Bertz CT molecular complexity index is 374. The van der Waals surface area contributed by atoms with E-state index in [1.165, 1.54) is 4.99 Å². The molecule has 0 aliphatic heterocycles. The van der Waals surface area contributed by atoms with Crippen LogP contribution < -0.4 is 0 Å². The Morgan fingerprint density at radius 3 is 2.43 bits per heavy atom. The van der Waals surface area contributed by atoms with Crippen molar-refractivity contribution in [3.8, 4) is 0 Å². The van der Waals surface area contributed by atoms with E-state index in [4.69, 9.17) is 0 Å². The smallest absolute Gasteiger partial charge is 0.265 e. The third-order valence-electron chi connectivity index (χ3n) is 1.35. The van der Waals surface area contributed by atoms with Gasteiger partial charge in [0, 0.05) is 10.5 Å². The van der Waals surface area contributed by atoms with Crippen LogP contribution in [0.3, 0.4) is 0 Å². The molecule has 0 aromatic heterocycles. The van der Waals surface area contributed by atoms with Crippen LogP contribution in [0.1, 0.15) is 10.4 Å². The van der Waals surface area contributed by atoms with Crippen molar-refractivity contribution in [1.82, 2.24) is 0 Å². The van der Waals surface area contributed by atoms with Crippen LogP contribution in [-0.2, 0) is 0 Å². The maximum atomic E-state index is 11.3. The van der Waals surface area contributed by atoms with Gasteiger partial charge in [0.1, 0.15) is 4.61 Å². The number of halogens is 2. The van der Waals surface area contributed by atoms with Crippen LogP contribution in [0.25, 0.3) is 0 Å². The Labute approximate surface area is 98.2 Å². The molecular formula is C9H6Br2N2O. The fraction of sp³-hybridized carbons (Fsp3) is 0. The van der Waals surface area contributed by atoms with Gasteiger partial charge in [-0.25, -0.2) is 0 Å². The molecule has 3 nitrogen and oxygen atoms in total. The van der Waals surface area contributed by atoms with E-state index in [-0.39, 0.29) is 5.91 Å². The number of carbonyl (C=O) groups is 1. The average Bonchev–Trinajstić information content (AvgIpc) is 2.26. The number of amides is 1. The van der Waals surface area contributed by atoms with Gasteiger partial charge in [0.15, 0.2) is 0 Å². The third-order valence-corrected chi connectivity index (χ3v) is 2.78. The van der Waals surface area contributed by atoms with Gasteiger partial charge in [0.05, 0.1) is 0 Å². The molecule has 0 unspecified atom stereocenters. The predicted molar refractivity (Wildman–Crippen MR) is 61.6 cm³/mol. The zero-order valence-electron chi connectivity index (χ0n) is 7.02. The minimum absolute atomic E-state index is 0.364. The summed E-state index contributed by atoms with van der Waals surface area (Å²) in [5.74, 6) is -0.364. The first-order valence-electron chi connectivity index (χ1n) is 3.71. The zero-order valence-corrected chi connectivity index (χ0v) is 10.2. The Kier molecular flexibility index (Phi) is 4.69. The van der Waals surface area contributed by atoms with Crippen LogP contribution in [0.4, 0.5) is 0 Å². The Morgan fingerprint density at radius 1 is 1.21 bits per heavy atom. The van der Waals surface area contributed by atoms with Crippen molar-refractivity contribution in [2.75, 3.05) is 0 Å². The van der Waals surface area contributed by atoms with Crippen LogP contribution in [0, 0.1) is 0 Å². The van der Waals surface area contributed by atoms with Crippen molar-refractivity contribution < 1.29 is 4.79 Å². The van der Waals surface area contributed by atoms with E-state index in [0.29, 0.717) is 10.2 Å². The van der Waals surface area contributed by atoms with E-state index in [0.717, 1.165) is 0 Å². The second kappa shape index (κ2) is 5.82. The minimum Gasteiger partial charge on any atom is -0.265 e. The topological polar surface area (TPSA) is 41.8 Å². The SMILES string of the molecule is O=C(N=N/C(Br)=C/Br)c1ccccc1. The summed E-state index contributed by atoms with van der Waals surface area (Å²) in [6.45, 7) is 0. The van der Waals surface area contributed by atoms with Gasteiger partial charge in [-0.15, -0.1) is 10.2 Å². The summed E-state index contributed by atoms with van der Waals surface area (Å²) >= 11 is 6.13. The lowest BCUT2D eigenvalue weighted by Crippen LogP contribution is -1.92. The Balaban J connectivity index is 2.74. The van der Waals surface area contributed by atoms with Crippen LogP contribution in [0.15, 0.2) is 50.2 Å². The normalized spacial score (nSPS) is 12.0. The predicted octanol–water partition coefficient (Wildman–Crippen LogP) is 3.87. The Morgan fingerprint density at radius 2 is 1.86 bits per heavy atom. The quantitative estimate of drug-likeness (QED) is 0.603. The number of azo groups is 1. The number of hydrogen-bond acceptors (Lipinski definition) is 2. The van der Waals surface area contributed by atoms with Gasteiger partial charge >= 0.3 is 0 Å². The second-order valence-electron chi connectivity index (χ2n) is 2.30. The molecule has 1 aromatic carbocycles. The third kappa shape index (κ3) is 3.51. The standard InChI is InChI=1S/C9H6Br2N2O/c10-6-8(11)12-13-9(14)7-4-2-1-3-5-7/h1-6H/b8-6+,13-12?. The molecule has 1 aromatic rings. The lowest BCUT2D eigenvalue weighted by Gasteiger charge is -1.91. The van der Waals surface area contributed by atoms with E-state index in [1.807, 2.05) is 6.07 Å². The van der Waals surface area contributed by atoms with Gasteiger partial charge in [0.25, 0.3) is 5.91 Å². The van der Waals surface area contributed by atoms with Crippen LogP contribution in [-0.4, -0.2) is 5.91 Å². The first kappa shape index (κ1) is 11.3. The molecule has 0 aliphatic rings. The van der Waals surface area contributed by atoms with Crippen LogP contribution in [0.5, 0.6) is 0 Å². The van der Waals surface area contributed by atoms with E-state index < -0.39 is 0 Å². The summed E-state index contributed by atoms with van der Waals surface area (Å²) in [6.07, 6.45) is 0. The van der Waals surface area contributed by atoms with Gasteiger partial charge in [0.2, 0.25) is 0 Å². The number of carbonyl (C=O) groups excluding carboxylic acids is 1. The molecule has 1 amide bonds. The summed E-state index contributed by atoms with van der Waals surface area (Å²) in [4.78, 5) is 12.9. The molecule has 5 heteroatoms. The highest BCUT2D eigenvalue weighted by molar-refractivity contribution is 9.14. The van der Waals surface area contributed by atoms with Crippen LogP contribution >= 0.6 is 31.9 Å². The molecule has 0 N–H and O–H groups in total. The first-order valence-corrected chi connectivity index (χ1v) is 5.42. The molecule has 0 aliphatic carbocycles. The number of hydrogen-bond donors (Lipinski definition) is 0. The fourth-order valence-electron chi connectivity index (χ4n) is 0.753. The van der Waals surface area contributed by atoms with E-state index in [1.54, 1.807) is 24.3 Å². The number of nitrogens with zero attached hydrogens (tertiary/aromatic N) is 2. The summed E-state index contributed by atoms with van der Waals surface area (Å²) < 4.78 is 0.460. The first-order chi connectivity index (χ1) is 6.74. The summed E-state index contributed by atoms with van der Waals surface area (Å²) in [6, 6.07) is 8.76. The van der Waals surface area contributed by atoms with E-state index in [9.17, 15) is 4.79 Å². The molecule has 0 radical (unpaired) electrons. The highest BCUT2D eigenvalue weighted by atomic mass is 79.9. The molecule has 1 rings (SSSR count). The molecule has 0 spiro atoms. The van der Waals surface area contributed by atoms with E-state index >= 15 is 0 Å². The second-order valence-corrected chi connectivity index (χ2v) is 3.57. The van der Waals surface area contributed by atoms with Crippen molar-refractivity contribution in [1.29, 1.82) is 0 Å². The van der Waals surface area contributed by atoms with Gasteiger partial charge in [-0.05, 0) is 28.1 Å². The van der Waals surface area contributed by atoms with Crippen molar-refractivity contribution in [3.05, 3.63) is 45.5 Å². The maximum Gasteiger partial charge on any atom is 0.295 e. The van der Waals surface area contributed by atoms with Crippen molar-refractivity contribution >= 4 is 37.8 Å². The van der Waals surface area contributed by atoms with Gasteiger partial charge in [-0.2, -0.15) is 0 Å². The zero-order chi connectivity index (χ0) is 10.4. The highest BCUT2D eigenvalue weighted by Gasteiger charge is 2.01. The molecule has 0 saturated heterocycles. The van der Waals surface area contributed by atoms with Gasteiger partial charge in [-0.3, -0.25) is 4.79 Å². The summed E-state index contributed by atoms with van der Waals surface area (Å²) in [7, 11) is 0. The van der Waals surface area contributed by atoms with E-state index in [2.05, 4.69) is 42.1 Å². The molecule has 0 heterocycles. The van der Waals surface area contributed by atoms with Gasteiger partial charge < -0.3 is 0 Å². The Hall–Kier alpha value is -0.810. The summed E-state index contributed by atoms with van der Waals surface area (Å²) in [5.41, 5.74) is 0.520. The number of rotatable bonds is 2. The molecular weight excluding hydrogens is 312 g/mol. The average molecular weight is 318 g/mol. The number of benzene rings is 1. The molecule has 0 bridgehead atoms. The molecule has 0 atom stereocenters. The lowest BCUT2D eigenvalue weighted by atomic mass is 10.2. The highest BCUT2D eigenvalue weighted by Crippen LogP contribution is 2.10. The molecule has 14 heavy (non-hydrogen) atoms. The fourth-order valence-corrected chi connectivity index (χ4v) is 0.924. The lowest BCUT2D eigenvalue weighted by molar-refractivity contribution is 0.0995. The van der Waals surface area contributed by atoms with Crippen LogP contribution in [0.2, 0.25) is 0 Å². The van der Waals surface area contributed by atoms with Crippen molar-refractivity contribution in [2.45, 2.75) is 0 Å². The monoisotopic (exact) mass is 316 g/mol. The van der Waals surface area contributed by atoms with Crippen molar-refractivity contribution in [3.63, 3.8) is 0 Å². The largest absolute Gasteiger partial charge is 0.295 e. The maximum absolute atomic E-state index is 11.3. The molecule has 0 fully saturated rings.